The molecule has 3 heterocycles. The number of nitro benzene ring substituents is 1. The summed E-state index contributed by atoms with van der Waals surface area (Å²) < 4.78 is 5.17. The molecule has 10 nitrogen and oxygen atoms in total. The average Bonchev–Trinajstić information content (AvgIpc) is 3.34. The molecular formula is C21H19N5O5. The van der Waals surface area contributed by atoms with Crippen molar-refractivity contribution in [1.29, 1.82) is 0 Å². The number of nitrogens with zero attached hydrogens (tertiary/aromatic N) is 4. The molecule has 0 radical (unpaired) electrons. The topological polar surface area (TPSA) is 122 Å². The van der Waals surface area contributed by atoms with E-state index in [-0.39, 0.29) is 17.5 Å². The van der Waals surface area contributed by atoms with Gasteiger partial charge < -0.3 is 19.5 Å². The second kappa shape index (κ2) is 8.66. The van der Waals surface area contributed by atoms with Gasteiger partial charge in [0.05, 0.1) is 23.1 Å². The molecule has 1 saturated heterocycles. The van der Waals surface area contributed by atoms with Gasteiger partial charge in [-0.2, -0.15) is 0 Å². The van der Waals surface area contributed by atoms with Crippen LogP contribution in [0.15, 0.2) is 65.4 Å². The molecular weight excluding hydrogens is 402 g/mol. The Kier molecular flexibility index (Phi) is 5.61. The molecule has 4 rings (SSSR count). The van der Waals surface area contributed by atoms with Gasteiger partial charge in [-0.1, -0.05) is 0 Å². The first kappa shape index (κ1) is 20.1. The van der Waals surface area contributed by atoms with Crippen molar-refractivity contribution in [2.75, 3.05) is 36.4 Å². The van der Waals surface area contributed by atoms with Crippen LogP contribution in [-0.4, -0.2) is 52.8 Å². The number of carbonyl (C=O) groups is 2. The van der Waals surface area contributed by atoms with Gasteiger partial charge in [-0.15, -0.1) is 0 Å². The number of aromatic nitrogens is 1. The fourth-order valence-electron chi connectivity index (χ4n) is 3.28. The summed E-state index contributed by atoms with van der Waals surface area (Å²) >= 11 is 0. The third-order valence-electron chi connectivity index (χ3n) is 4.97. The van der Waals surface area contributed by atoms with Crippen LogP contribution in [0.25, 0.3) is 0 Å². The average molecular weight is 421 g/mol. The van der Waals surface area contributed by atoms with Crippen LogP contribution in [0.4, 0.5) is 17.2 Å². The number of nitro groups is 1. The van der Waals surface area contributed by atoms with Gasteiger partial charge in [0.1, 0.15) is 5.82 Å². The van der Waals surface area contributed by atoms with E-state index >= 15 is 0 Å². The first-order valence-corrected chi connectivity index (χ1v) is 9.61. The molecule has 1 fully saturated rings. The van der Waals surface area contributed by atoms with Crippen molar-refractivity contribution in [3.05, 3.63) is 82.4 Å². The maximum atomic E-state index is 12.3. The number of hydrogen-bond acceptors (Lipinski definition) is 7. The molecule has 158 valence electrons. The molecule has 3 aromatic rings. The number of nitrogens with one attached hydrogen (secondary N) is 1. The van der Waals surface area contributed by atoms with Crippen molar-refractivity contribution in [3.8, 4) is 0 Å². The molecule has 2 amide bonds. The van der Waals surface area contributed by atoms with E-state index in [0.29, 0.717) is 43.2 Å². The summed E-state index contributed by atoms with van der Waals surface area (Å²) in [6.45, 7) is 2.38. The van der Waals surface area contributed by atoms with Crippen LogP contribution in [0.5, 0.6) is 0 Å². The number of furan rings is 1. The number of pyridine rings is 1. The number of amides is 2. The van der Waals surface area contributed by atoms with Gasteiger partial charge in [0, 0.05) is 43.9 Å². The minimum atomic E-state index is -0.517. The highest BCUT2D eigenvalue weighted by Crippen LogP contribution is 2.19. The van der Waals surface area contributed by atoms with Crippen LogP contribution >= 0.6 is 0 Å². The number of rotatable bonds is 5. The number of benzene rings is 1. The van der Waals surface area contributed by atoms with Gasteiger partial charge in [-0.05, 0) is 36.4 Å². The number of non-ortho nitro benzene ring substituents is 1. The lowest BCUT2D eigenvalue weighted by Crippen LogP contribution is -2.49. The van der Waals surface area contributed by atoms with Crippen molar-refractivity contribution < 1.29 is 18.9 Å². The Morgan fingerprint density at radius 2 is 1.77 bits per heavy atom. The first-order valence-electron chi connectivity index (χ1n) is 9.61. The standard InChI is InChI=1S/C21H19N5O5/c27-20(15-3-6-17(7-4-15)26(29)30)23-16-5-8-19(22-14-16)24-9-11-25(12-10-24)21(28)18-2-1-13-31-18/h1-8,13-14H,9-12H2,(H,23,27). The number of piperazine rings is 1. The smallest absolute Gasteiger partial charge is 0.289 e. The largest absolute Gasteiger partial charge is 0.459 e. The van der Waals surface area contributed by atoms with Gasteiger partial charge in [-0.3, -0.25) is 19.7 Å². The number of anilines is 2. The molecule has 0 aliphatic carbocycles. The summed E-state index contributed by atoms with van der Waals surface area (Å²) in [5.41, 5.74) is 0.749. The summed E-state index contributed by atoms with van der Waals surface area (Å²) in [7, 11) is 0. The molecule has 0 atom stereocenters. The Bertz CT molecular complexity index is 1070. The van der Waals surface area contributed by atoms with E-state index in [0.717, 1.165) is 5.82 Å². The van der Waals surface area contributed by atoms with E-state index < -0.39 is 4.92 Å². The fourth-order valence-corrected chi connectivity index (χ4v) is 3.28. The molecule has 0 bridgehead atoms. The van der Waals surface area contributed by atoms with Crippen molar-refractivity contribution in [1.82, 2.24) is 9.88 Å². The summed E-state index contributed by atoms with van der Waals surface area (Å²) in [4.78, 5) is 43.1. The van der Waals surface area contributed by atoms with Crippen LogP contribution in [0.1, 0.15) is 20.9 Å². The van der Waals surface area contributed by atoms with Crippen LogP contribution in [-0.2, 0) is 0 Å². The maximum Gasteiger partial charge on any atom is 0.289 e. The number of carbonyl (C=O) groups excluding carboxylic acids is 2. The first-order chi connectivity index (χ1) is 15.0. The quantitative estimate of drug-likeness (QED) is 0.496. The Morgan fingerprint density at radius 1 is 1.03 bits per heavy atom. The van der Waals surface area contributed by atoms with Gasteiger partial charge in [-0.25, -0.2) is 4.98 Å². The summed E-state index contributed by atoms with van der Waals surface area (Å²) in [5, 5.41) is 13.4. The Hall–Kier alpha value is -4.21. The van der Waals surface area contributed by atoms with E-state index in [1.807, 2.05) is 0 Å². The summed E-state index contributed by atoms with van der Waals surface area (Å²) in [6, 6.07) is 12.3. The van der Waals surface area contributed by atoms with Gasteiger partial charge in [0.15, 0.2) is 5.76 Å². The lowest BCUT2D eigenvalue weighted by molar-refractivity contribution is -0.384. The van der Waals surface area contributed by atoms with E-state index in [9.17, 15) is 19.7 Å². The number of hydrogen-bond donors (Lipinski definition) is 1. The fraction of sp³-hybridized carbons (Fsp3) is 0.190. The van der Waals surface area contributed by atoms with Gasteiger partial charge >= 0.3 is 0 Å². The van der Waals surface area contributed by atoms with Crippen LogP contribution in [0, 0.1) is 10.1 Å². The summed E-state index contributed by atoms with van der Waals surface area (Å²) in [6.07, 6.45) is 3.04. The van der Waals surface area contributed by atoms with E-state index in [4.69, 9.17) is 4.42 Å². The molecule has 0 spiro atoms. The van der Waals surface area contributed by atoms with E-state index in [1.54, 1.807) is 35.4 Å². The molecule has 31 heavy (non-hydrogen) atoms. The van der Waals surface area contributed by atoms with Crippen molar-refractivity contribution in [3.63, 3.8) is 0 Å². The molecule has 0 unspecified atom stereocenters. The molecule has 1 N–H and O–H groups in total. The predicted octanol–water partition coefficient (Wildman–Crippen LogP) is 2.80. The Morgan fingerprint density at radius 3 is 2.35 bits per heavy atom. The predicted molar refractivity (Wildman–Crippen MR) is 112 cm³/mol. The zero-order chi connectivity index (χ0) is 21.8. The third-order valence-corrected chi connectivity index (χ3v) is 4.97. The Balaban J connectivity index is 1.33. The molecule has 1 aliphatic heterocycles. The van der Waals surface area contributed by atoms with Gasteiger partial charge in [0.25, 0.3) is 17.5 Å². The highest BCUT2D eigenvalue weighted by Gasteiger charge is 2.24. The third kappa shape index (κ3) is 4.53. The zero-order valence-corrected chi connectivity index (χ0v) is 16.4. The van der Waals surface area contributed by atoms with Crippen molar-refractivity contribution in [2.24, 2.45) is 0 Å². The second-order valence-electron chi connectivity index (χ2n) is 6.92. The highest BCUT2D eigenvalue weighted by molar-refractivity contribution is 6.04. The van der Waals surface area contributed by atoms with Crippen molar-refractivity contribution >= 4 is 29.0 Å². The van der Waals surface area contributed by atoms with Crippen molar-refractivity contribution in [2.45, 2.75) is 0 Å². The molecule has 0 saturated carbocycles. The minimum absolute atomic E-state index is 0.0754. The lowest BCUT2D eigenvalue weighted by Gasteiger charge is -2.35. The second-order valence-corrected chi connectivity index (χ2v) is 6.92. The summed E-state index contributed by atoms with van der Waals surface area (Å²) in [5.74, 6) is 0.578. The van der Waals surface area contributed by atoms with E-state index in [1.165, 1.54) is 30.5 Å². The normalized spacial score (nSPS) is 13.7. The monoisotopic (exact) mass is 421 g/mol. The SMILES string of the molecule is O=C(Nc1ccc(N2CCN(C(=O)c3ccco3)CC2)nc1)c1ccc([N+](=O)[O-])cc1. The van der Waals surface area contributed by atoms with Crippen LogP contribution in [0.2, 0.25) is 0 Å². The van der Waals surface area contributed by atoms with E-state index in [2.05, 4.69) is 15.2 Å². The molecule has 2 aromatic heterocycles. The molecule has 1 aromatic carbocycles. The highest BCUT2D eigenvalue weighted by atomic mass is 16.6. The molecule has 1 aliphatic rings. The Labute approximate surface area is 177 Å². The van der Waals surface area contributed by atoms with Gasteiger partial charge in [0.2, 0.25) is 0 Å². The lowest BCUT2D eigenvalue weighted by atomic mass is 10.2. The maximum absolute atomic E-state index is 12.3. The molecule has 10 heteroatoms. The zero-order valence-electron chi connectivity index (χ0n) is 16.4. The van der Waals surface area contributed by atoms with Crippen LogP contribution < -0.4 is 10.2 Å². The minimum Gasteiger partial charge on any atom is -0.459 e. The van der Waals surface area contributed by atoms with Crippen LogP contribution in [0.3, 0.4) is 0 Å².